The molecule has 0 unspecified atom stereocenters. The van der Waals surface area contributed by atoms with E-state index in [0.29, 0.717) is 30.3 Å². The molecule has 0 radical (unpaired) electrons. The number of benzene rings is 1. The summed E-state index contributed by atoms with van der Waals surface area (Å²) in [6.07, 6.45) is 3.26. The molecule has 20 heavy (non-hydrogen) atoms. The number of ether oxygens (including phenoxy) is 1. The fourth-order valence-corrected chi connectivity index (χ4v) is 2.98. The monoisotopic (exact) mass is 297 g/mol. The fourth-order valence-electron chi connectivity index (χ4n) is 2.85. The Morgan fingerprint density at radius 3 is 2.45 bits per heavy atom. The van der Waals surface area contributed by atoms with Gasteiger partial charge in [0.2, 0.25) is 0 Å². The van der Waals surface area contributed by atoms with E-state index in [0.717, 1.165) is 5.75 Å². The summed E-state index contributed by atoms with van der Waals surface area (Å²) >= 11 is 5.82. The summed E-state index contributed by atoms with van der Waals surface area (Å²) in [6, 6.07) is 8.31. The normalized spacial score (nSPS) is 25.4. The van der Waals surface area contributed by atoms with Crippen LogP contribution < -0.4 is 4.74 Å². The molecule has 4 heteroatoms. The first-order valence-corrected chi connectivity index (χ1v) is 7.76. The van der Waals surface area contributed by atoms with Gasteiger partial charge in [0.15, 0.2) is 0 Å². The van der Waals surface area contributed by atoms with Crippen molar-refractivity contribution in [3.8, 4) is 5.75 Å². The summed E-state index contributed by atoms with van der Waals surface area (Å²) in [4.78, 5) is 2.39. The third-order valence-electron chi connectivity index (χ3n) is 4.05. The van der Waals surface area contributed by atoms with Gasteiger partial charge in [0.25, 0.3) is 0 Å². The molecule has 1 saturated heterocycles. The van der Waals surface area contributed by atoms with E-state index in [-0.39, 0.29) is 0 Å². The number of rotatable bonds is 5. The number of nitrogens with zero attached hydrogens (tertiary/aromatic N) is 1. The molecule has 1 fully saturated rings. The van der Waals surface area contributed by atoms with E-state index >= 15 is 0 Å². The smallest absolute Gasteiger partial charge is 0.119 e. The molecule has 2 rings (SSSR count). The van der Waals surface area contributed by atoms with Crippen LogP contribution in [0, 0.1) is 0 Å². The zero-order valence-corrected chi connectivity index (χ0v) is 13.0. The van der Waals surface area contributed by atoms with Gasteiger partial charge in [-0.05, 0) is 51.0 Å². The Balaban J connectivity index is 1.79. The number of likely N-dealkylation sites (tertiary alicyclic amines) is 1. The molecule has 0 aromatic heterocycles. The van der Waals surface area contributed by atoms with Crippen molar-refractivity contribution < 1.29 is 9.84 Å². The van der Waals surface area contributed by atoms with Crippen LogP contribution in [-0.4, -0.2) is 41.3 Å². The molecule has 0 aliphatic carbocycles. The SMILES string of the molecule is C[C@@H]1CCC[C@@H](C)N1C[C@@H](O)COc1ccc(Cl)cc1. The Kier molecular flexibility index (Phi) is 5.70. The summed E-state index contributed by atoms with van der Waals surface area (Å²) < 4.78 is 5.60. The van der Waals surface area contributed by atoms with Gasteiger partial charge in [0, 0.05) is 23.7 Å². The highest BCUT2D eigenvalue weighted by Gasteiger charge is 2.26. The summed E-state index contributed by atoms with van der Waals surface area (Å²) in [7, 11) is 0. The molecular weight excluding hydrogens is 274 g/mol. The first-order valence-electron chi connectivity index (χ1n) is 7.38. The average Bonchev–Trinajstić information content (AvgIpc) is 2.42. The summed E-state index contributed by atoms with van der Waals surface area (Å²) in [5.41, 5.74) is 0. The van der Waals surface area contributed by atoms with E-state index in [1.807, 2.05) is 12.1 Å². The predicted molar refractivity (Wildman–Crippen MR) is 82.4 cm³/mol. The average molecular weight is 298 g/mol. The van der Waals surface area contributed by atoms with Crippen molar-refractivity contribution in [2.24, 2.45) is 0 Å². The van der Waals surface area contributed by atoms with Gasteiger partial charge in [0.05, 0.1) is 0 Å². The standard InChI is InChI=1S/C16H24ClNO2/c1-12-4-3-5-13(2)18(12)10-15(19)11-20-16-8-6-14(17)7-9-16/h6-9,12-13,15,19H,3-5,10-11H2,1-2H3/t12-,13-,15-/m1/s1. The second-order valence-corrected chi connectivity index (χ2v) is 6.18. The molecule has 1 aromatic carbocycles. The molecule has 3 nitrogen and oxygen atoms in total. The lowest BCUT2D eigenvalue weighted by molar-refractivity contribution is 0.0209. The van der Waals surface area contributed by atoms with Gasteiger partial charge in [-0.3, -0.25) is 4.90 Å². The second-order valence-electron chi connectivity index (χ2n) is 5.74. The number of halogens is 1. The molecular formula is C16H24ClNO2. The minimum Gasteiger partial charge on any atom is -0.491 e. The van der Waals surface area contributed by atoms with Crippen molar-refractivity contribution in [1.82, 2.24) is 4.90 Å². The van der Waals surface area contributed by atoms with Crippen LogP contribution in [-0.2, 0) is 0 Å². The van der Waals surface area contributed by atoms with E-state index in [1.165, 1.54) is 19.3 Å². The zero-order chi connectivity index (χ0) is 14.5. The third kappa shape index (κ3) is 4.37. The van der Waals surface area contributed by atoms with Gasteiger partial charge in [-0.1, -0.05) is 18.0 Å². The number of aliphatic hydroxyl groups is 1. The Hall–Kier alpha value is -0.770. The molecule has 112 valence electrons. The lowest BCUT2D eigenvalue weighted by atomic mass is 9.97. The maximum absolute atomic E-state index is 10.2. The van der Waals surface area contributed by atoms with Gasteiger partial charge in [-0.2, -0.15) is 0 Å². The van der Waals surface area contributed by atoms with Crippen LogP contribution >= 0.6 is 11.6 Å². The number of piperidine rings is 1. The van der Waals surface area contributed by atoms with Crippen LogP contribution in [0.5, 0.6) is 5.75 Å². The van der Waals surface area contributed by atoms with Crippen molar-refractivity contribution in [1.29, 1.82) is 0 Å². The Morgan fingerprint density at radius 2 is 1.85 bits per heavy atom. The first kappa shape index (κ1) is 15.6. The van der Waals surface area contributed by atoms with Crippen LogP contribution in [0.1, 0.15) is 33.1 Å². The quantitative estimate of drug-likeness (QED) is 0.905. The van der Waals surface area contributed by atoms with E-state index in [2.05, 4.69) is 18.7 Å². The summed E-state index contributed by atoms with van der Waals surface area (Å²) in [5.74, 6) is 0.744. The lowest BCUT2D eigenvalue weighted by Crippen LogP contribution is -2.48. The molecule has 1 aliphatic rings. The number of hydrogen-bond donors (Lipinski definition) is 1. The van der Waals surface area contributed by atoms with E-state index in [4.69, 9.17) is 16.3 Å². The van der Waals surface area contributed by atoms with Gasteiger partial charge in [0.1, 0.15) is 18.5 Å². The second kappa shape index (κ2) is 7.30. The molecule has 0 spiro atoms. The molecule has 1 aliphatic heterocycles. The molecule has 0 amide bonds. The topological polar surface area (TPSA) is 32.7 Å². The van der Waals surface area contributed by atoms with Crippen molar-refractivity contribution >= 4 is 11.6 Å². The largest absolute Gasteiger partial charge is 0.491 e. The Morgan fingerprint density at radius 1 is 1.25 bits per heavy atom. The highest BCUT2D eigenvalue weighted by atomic mass is 35.5. The van der Waals surface area contributed by atoms with E-state index in [1.54, 1.807) is 12.1 Å². The summed E-state index contributed by atoms with van der Waals surface area (Å²) in [6.45, 7) is 5.47. The molecule has 0 saturated carbocycles. The highest BCUT2D eigenvalue weighted by Crippen LogP contribution is 2.22. The first-order chi connectivity index (χ1) is 9.56. The molecule has 1 N–H and O–H groups in total. The van der Waals surface area contributed by atoms with Crippen molar-refractivity contribution in [3.05, 3.63) is 29.3 Å². The van der Waals surface area contributed by atoms with Crippen LogP contribution in [0.4, 0.5) is 0 Å². The maximum Gasteiger partial charge on any atom is 0.119 e. The van der Waals surface area contributed by atoms with Crippen molar-refractivity contribution in [2.45, 2.75) is 51.3 Å². The molecule has 0 bridgehead atoms. The van der Waals surface area contributed by atoms with Crippen LogP contribution in [0.3, 0.4) is 0 Å². The third-order valence-corrected chi connectivity index (χ3v) is 4.31. The van der Waals surface area contributed by atoms with Gasteiger partial charge in [-0.15, -0.1) is 0 Å². The van der Waals surface area contributed by atoms with Gasteiger partial charge in [-0.25, -0.2) is 0 Å². The zero-order valence-electron chi connectivity index (χ0n) is 12.3. The fraction of sp³-hybridized carbons (Fsp3) is 0.625. The minimum absolute atomic E-state index is 0.317. The minimum atomic E-state index is -0.464. The van der Waals surface area contributed by atoms with Crippen LogP contribution in [0.2, 0.25) is 5.02 Å². The van der Waals surface area contributed by atoms with Crippen LogP contribution in [0.25, 0.3) is 0 Å². The van der Waals surface area contributed by atoms with Crippen molar-refractivity contribution in [2.75, 3.05) is 13.2 Å². The molecule has 1 aromatic rings. The Bertz CT molecular complexity index is 399. The molecule has 1 heterocycles. The predicted octanol–water partition coefficient (Wildman–Crippen LogP) is 3.34. The molecule has 3 atom stereocenters. The number of hydrogen-bond acceptors (Lipinski definition) is 3. The van der Waals surface area contributed by atoms with Gasteiger partial charge < -0.3 is 9.84 Å². The maximum atomic E-state index is 10.2. The number of β-amino-alcohol motifs (C(OH)–C–C–N with tert-alkyl or cyclic N) is 1. The Labute approximate surface area is 126 Å². The highest BCUT2D eigenvalue weighted by molar-refractivity contribution is 6.30. The summed E-state index contributed by atoms with van der Waals surface area (Å²) in [5, 5.41) is 10.8. The lowest BCUT2D eigenvalue weighted by Gasteiger charge is -2.40. The number of aliphatic hydroxyl groups excluding tert-OH is 1. The van der Waals surface area contributed by atoms with E-state index < -0.39 is 6.10 Å². The van der Waals surface area contributed by atoms with Crippen molar-refractivity contribution in [3.63, 3.8) is 0 Å². The van der Waals surface area contributed by atoms with Gasteiger partial charge >= 0.3 is 0 Å². The van der Waals surface area contributed by atoms with E-state index in [9.17, 15) is 5.11 Å². The van der Waals surface area contributed by atoms with Crippen LogP contribution in [0.15, 0.2) is 24.3 Å².